The van der Waals surface area contributed by atoms with Gasteiger partial charge in [-0.25, -0.2) is 0 Å². The summed E-state index contributed by atoms with van der Waals surface area (Å²) in [7, 11) is 0. The molecule has 0 radical (unpaired) electrons. The van der Waals surface area contributed by atoms with E-state index in [1.54, 1.807) is 0 Å². The molecule has 0 saturated carbocycles. The number of hydrogen-bond donors (Lipinski definition) is 3. The van der Waals surface area contributed by atoms with E-state index in [0.717, 1.165) is 17.8 Å². The van der Waals surface area contributed by atoms with Crippen LogP contribution in [0.4, 0.5) is 5.69 Å². The number of carboxylic acids is 1. The van der Waals surface area contributed by atoms with Gasteiger partial charge in [0.2, 0.25) is 0 Å². The van der Waals surface area contributed by atoms with Gasteiger partial charge in [-0.15, -0.1) is 0 Å². The Bertz CT molecular complexity index is 426. The van der Waals surface area contributed by atoms with Gasteiger partial charge in [0.15, 0.2) is 0 Å². The van der Waals surface area contributed by atoms with Crippen LogP contribution in [0.2, 0.25) is 0 Å². The highest BCUT2D eigenvalue weighted by Crippen LogP contribution is 2.13. The van der Waals surface area contributed by atoms with E-state index in [4.69, 9.17) is 10.8 Å². The average molecular weight is 404 g/mol. The summed E-state index contributed by atoms with van der Waals surface area (Å²) in [6.45, 7) is 0.957. The third-order valence-electron chi connectivity index (χ3n) is 3.34. The van der Waals surface area contributed by atoms with E-state index in [1.165, 1.54) is 36.5 Å². The maximum atomic E-state index is 10.8. The highest BCUT2D eigenvalue weighted by Gasteiger charge is 2.11. The van der Waals surface area contributed by atoms with E-state index in [-0.39, 0.29) is 0 Å². The Kier molecular flexibility index (Phi) is 9.41. The van der Waals surface area contributed by atoms with Crippen molar-refractivity contribution in [2.75, 3.05) is 16.3 Å². The lowest BCUT2D eigenvalue weighted by atomic mass is 10.1. The van der Waals surface area contributed by atoms with Crippen molar-refractivity contribution in [3.63, 3.8) is 0 Å². The van der Waals surface area contributed by atoms with E-state index in [1.807, 2.05) is 24.3 Å². The molecule has 0 aliphatic rings. The zero-order chi connectivity index (χ0) is 15.5. The first-order valence-electron chi connectivity index (χ1n) is 7.50. The van der Waals surface area contributed by atoms with Crippen molar-refractivity contribution in [1.29, 1.82) is 0 Å². The molecule has 1 rings (SSSR count). The number of nitrogens with one attached hydrogen (secondary N) is 1. The fourth-order valence-corrected chi connectivity index (χ4v) is 2.67. The van der Waals surface area contributed by atoms with Crippen molar-refractivity contribution in [3.8, 4) is 0 Å². The molecule has 118 valence electrons. The zero-order valence-electron chi connectivity index (χ0n) is 12.4. The Morgan fingerprint density at radius 1 is 1.24 bits per heavy atom. The van der Waals surface area contributed by atoms with Gasteiger partial charge in [0.1, 0.15) is 6.04 Å². The lowest BCUT2D eigenvalue weighted by Crippen LogP contribution is -2.32. The van der Waals surface area contributed by atoms with E-state index >= 15 is 0 Å². The maximum Gasteiger partial charge on any atom is 0.320 e. The van der Waals surface area contributed by atoms with Gasteiger partial charge in [-0.1, -0.05) is 54.0 Å². The fourth-order valence-electron chi connectivity index (χ4n) is 2.13. The minimum absolute atomic E-state index is 0.362. The lowest BCUT2D eigenvalue weighted by Gasteiger charge is -2.10. The first-order valence-corrected chi connectivity index (χ1v) is 9.03. The van der Waals surface area contributed by atoms with Crippen molar-refractivity contribution in [3.05, 3.63) is 29.8 Å². The molecule has 0 bridgehead atoms. The van der Waals surface area contributed by atoms with Crippen LogP contribution < -0.4 is 11.1 Å². The number of benzene rings is 1. The third kappa shape index (κ3) is 8.26. The Labute approximate surface area is 140 Å². The highest BCUT2D eigenvalue weighted by molar-refractivity contribution is 14.1. The number of carboxylic acid groups (broad SMARTS) is 1. The van der Waals surface area contributed by atoms with Crippen LogP contribution in [-0.4, -0.2) is 28.1 Å². The lowest BCUT2D eigenvalue weighted by molar-refractivity contribution is -0.138. The minimum atomic E-state index is -0.958. The molecule has 0 aliphatic carbocycles. The summed E-state index contributed by atoms with van der Waals surface area (Å²) in [4.78, 5) is 10.8. The molecule has 0 fully saturated rings. The number of aliphatic carboxylic acids is 1. The number of nitrogens with two attached hydrogens (primary N) is 1. The van der Waals surface area contributed by atoms with Crippen LogP contribution >= 0.6 is 22.6 Å². The van der Waals surface area contributed by atoms with Crippen LogP contribution in [0, 0.1) is 0 Å². The minimum Gasteiger partial charge on any atom is -0.480 e. The van der Waals surface area contributed by atoms with Gasteiger partial charge in [-0.3, -0.25) is 4.79 Å². The molecule has 4 nitrogen and oxygen atoms in total. The Hall–Kier alpha value is -0.820. The molecule has 5 heteroatoms. The summed E-state index contributed by atoms with van der Waals surface area (Å²) >= 11 is 2.42. The number of anilines is 1. The van der Waals surface area contributed by atoms with Crippen molar-refractivity contribution >= 4 is 34.2 Å². The molecule has 1 atom stereocenters. The molecule has 0 spiro atoms. The van der Waals surface area contributed by atoms with Gasteiger partial charge in [-0.05, 0) is 41.4 Å². The van der Waals surface area contributed by atoms with E-state index in [0.29, 0.717) is 6.42 Å². The van der Waals surface area contributed by atoms with Crippen LogP contribution in [0.15, 0.2) is 24.3 Å². The largest absolute Gasteiger partial charge is 0.480 e. The first kappa shape index (κ1) is 18.2. The Morgan fingerprint density at radius 2 is 1.95 bits per heavy atom. The molecule has 1 aromatic rings. The monoisotopic (exact) mass is 404 g/mol. The second-order valence-electron chi connectivity index (χ2n) is 5.23. The number of unbranched alkanes of at least 4 members (excludes halogenated alkanes) is 4. The van der Waals surface area contributed by atoms with Gasteiger partial charge in [0, 0.05) is 12.2 Å². The summed E-state index contributed by atoms with van der Waals surface area (Å²) in [6.07, 6.45) is 6.73. The van der Waals surface area contributed by atoms with Crippen LogP contribution in [-0.2, 0) is 11.2 Å². The quantitative estimate of drug-likeness (QED) is 0.300. The Morgan fingerprint density at radius 3 is 2.67 bits per heavy atom. The predicted octanol–water partition coefficient (Wildman–Crippen LogP) is 3.44. The molecule has 1 aromatic carbocycles. The number of rotatable bonds is 11. The van der Waals surface area contributed by atoms with Gasteiger partial charge >= 0.3 is 5.97 Å². The van der Waals surface area contributed by atoms with E-state index in [2.05, 4.69) is 27.9 Å². The third-order valence-corrected chi connectivity index (χ3v) is 4.10. The van der Waals surface area contributed by atoms with Crippen molar-refractivity contribution in [1.82, 2.24) is 0 Å². The Balaban J connectivity index is 2.27. The van der Waals surface area contributed by atoms with E-state index in [9.17, 15) is 4.79 Å². The molecule has 21 heavy (non-hydrogen) atoms. The summed E-state index contributed by atoms with van der Waals surface area (Å²) in [6, 6.07) is 7.01. The van der Waals surface area contributed by atoms with Gasteiger partial charge in [0.25, 0.3) is 0 Å². The van der Waals surface area contributed by atoms with E-state index < -0.39 is 12.0 Å². The van der Waals surface area contributed by atoms with Crippen LogP contribution in [0.25, 0.3) is 0 Å². The first-order chi connectivity index (χ1) is 10.1. The van der Waals surface area contributed by atoms with Gasteiger partial charge < -0.3 is 16.2 Å². The number of halogens is 1. The topological polar surface area (TPSA) is 75.3 Å². The fraction of sp³-hybridized carbons (Fsp3) is 0.562. The highest BCUT2D eigenvalue weighted by atomic mass is 127. The zero-order valence-corrected chi connectivity index (χ0v) is 14.5. The number of hydrogen-bond acceptors (Lipinski definition) is 3. The molecular formula is C16H25IN2O2. The van der Waals surface area contributed by atoms with Crippen molar-refractivity contribution in [2.45, 2.75) is 44.6 Å². The van der Waals surface area contributed by atoms with Crippen LogP contribution in [0.1, 0.15) is 37.7 Å². The second-order valence-corrected chi connectivity index (χ2v) is 6.31. The van der Waals surface area contributed by atoms with Crippen molar-refractivity contribution < 1.29 is 9.90 Å². The average Bonchev–Trinajstić information content (AvgIpc) is 2.46. The molecule has 0 aromatic heterocycles. The molecule has 4 N–H and O–H groups in total. The summed E-state index contributed by atoms with van der Waals surface area (Å²) in [5, 5.41) is 12.2. The molecule has 0 saturated heterocycles. The van der Waals surface area contributed by atoms with Gasteiger partial charge in [0.05, 0.1) is 0 Å². The SMILES string of the molecule is N[C@@H](Cc1cccc(NCCCCCCCI)c1)C(=O)O. The molecular weight excluding hydrogens is 379 g/mol. The molecule has 0 aliphatic heterocycles. The van der Waals surface area contributed by atoms with Crippen LogP contribution in [0.3, 0.4) is 0 Å². The van der Waals surface area contributed by atoms with Gasteiger partial charge in [-0.2, -0.15) is 0 Å². The standard InChI is InChI=1S/C16H25IN2O2/c17-9-4-2-1-3-5-10-19-14-8-6-7-13(11-14)12-15(18)16(20)21/h6-8,11,15,19H,1-5,9-10,12,18H2,(H,20,21)/t15-/m0/s1. The number of alkyl halides is 1. The normalized spacial score (nSPS) is 12.1. The summed E-state index contributed by atoms with van der Waals surface area (Å²) < 4.78 is 1.25. The molecule has 0 amide bonds. The summed E-state index contributed by atoms with van der Waals surface area (Å²) in [5.74, 6) is -0.958. The smallest absolute Gasteiger partial charge is 0.320 e. The summed E-state index contributed by atoms with van der Waals surface area (Å²) in [5.41, 5.74) is 7.55. The number of carbonyl (C=O) groups is 1. The van der Waals surface area contributed by atoms with Crippen LogP contribution in [0.5, 0.6) is 0 Å². The predicted molar refractivity (Wildman–Crippen MR) is 96.2 cm³/mol. The molecule has 0 unspecified atom stereocenters. The van der Waals surface area contributed by atoms with Crippen molar-refractivity contribution in [2.24, 2.45) is 5.73 Å². The second kappa shape index (κ2) is 10.8. The maximum absolute atomic E-state index is 10.8. The molecule has 0 heterocycles.